The number of carbonyl (C=O) groups is 1. The highest BCUT2D eigenvalue weighted by Gasteiger charge is 2.06. The van der Waals surface area contributed by atoms with Crippen LogP contribution in [0.2, 0.25) is 0 Å². The first-order chi connectivity index (χ1) is 12.7. The summed E-state index contributed by atoms with van der Waals surface area (Å²) in [5, 5.41) is 2.85. The van der Waals surface area contributed by atoms with E-state index in [0.29, 0.717) is 31.2 Å². The van der Waals surface area contributed by atoms with E-state index in [9.17, 15) is 4.79 Å². The van der Waals surface area contributed by atoms with Gasteiger partial charge in [0, 0.05) is 18.0 Å². The van der Waals surface area contributed by atoms with Gasteiger partial charge < -0.3 is 14.8 Å². The van der Waals surface area contributed by atoms with Crippen molar-refractivity contribution in [3.8, 4) is 5.75 Å². The van der Waals surface area contributed by atoms with Gasteiger partial charge in [-0.1, -0.05) is 30.3 Å². The molecule has 0 aliphatic heterocycles. The van der Waals surface area contributed by atoms with E-state index in [2.05, 4.69) is 23.5 Å². The van der Waals surface area contributed by atoms with Crippen LogP contribution in [0.4, 0.5) is 0 Å². The van der Waals surface area contributed by atoms with Crippen molar-refractivity contribution >= 4 is 17.5 Å². The van der Waals surface area contributed by atoms with E-state index < -0.39 is 0 Å². The number of nitrogens with one attached hydrogen (secondary N) is 1. The fourth-order valence-electron chi connectivity index (χ4n) is 2.63. The molecule has 0 saturated carbocycles. The molecular weight excluding hydrogens is 350 g/mol. The molecule has 1 amide bonds. The molecule has 1 N–H and O–H groups in total. The molecule has 2 aromatic rings. The summed E-state index contributed by atoms with van der Waals surface area (Å²) >= 11 is 5.75. The highest BCUT2D eigenvalue weighted by molar-refractivity contribution is 6.17. The van der Waals surface area contributed by atoms with Crippen LogP contribution < -0.4 is 10.1 Å². The molecule has 2 aromatic carbocycles. The van der Waals surface area contributed by atoms with Crippen LogP contribution in [-0.4, -0.2) is 38.7 Å². The van der Waals surface area contributed by atoms with Crippen molar-refractivity contribution in [3.05, 3.63) is 65.2 Å². The molecule has 140 valence electrons. The predicted molar refractivity (Wildman–Crippen MR) is 105 cm³/mol. The number of halogens is 1. The Kier molecular flexibility index (Phi) is 9.01. The summed E-state index contributed by atoms with van der Waals surface area (Å²) in [6.45, 7) is 1.55. The SMILES string of the molecule is COc1cc(CCCCl)ccc1CCOCCNC(=O)c1ccccc1. The van der Waals surface area contributed by atoms with Crippen LogP contribution in [0.1, 0.15) is 27.9 Å². The quantitative estimate of drug-likeness (QED) is 0.479. The Morgan fingerprint density at radius 1 is 1.08 bits per heavy atom. The molecule has 0 aromatic heterocycles. The average Bonchev–Trinajstić information content (AvgIpc) is 2.69. The number of hydrogen-bond acceptors (Lipinski definition) is 3. The van der Waals surface area contributed by atoms with Crippen molar-refractivity contribution < 1.29 is 14.3 Å². The van der Waals surface area contributed by atoms with Crippen LogP contribution in [0.25, 0.3) is 0 Å². The number of hydrogen-bond donors (Lipinski definition) is 1. The molecule has 0 saturated heterocycles. The predicted octanol–water partition coefficient (Wildman–Crippen LogP) is 3.86. The molecule has 0 heterocycles. The summed E-state index contributed by atoms with van der Waals surface area (Å²) in [5.41, 5.74) is 3.01. The lowest BCUT2D eigenvalue weighted by molar-refractivity contribution is 0.0916. The number of benzene rings is 2. The molecule has 0 aliphatic rings. The van der Waals surface area contributed by atoms with E-state index in [-0.39, 0.29) is 5.91 Å². The van der Waals surface area contributed by atoms with Crippen LogP contribution in [-0.2, 0) is 17.6 Å². The second-order valence-corrected chi connectivity index (χ2v) is 6.30. The normalized spacial score (nSPS) is 10.5. The maximum Gasteiger partial charge on any atom is 0.251 e. The maximum atomic E-state index is 11.9. The molecule has 0 unspecified atom stereocenters. The van der Waals surface area contributed by atoms with Gasteiger partial charge in [-0.05, 0) is 48.6 Å². The summed E-state index contributed by atoms with van der Waals surface area (Å²) < 4.78 is 11.1. The number of methoxy groups -OCH3 is 1. The summed E-state index contributed by atoms with van der Waals surface area (Å²) in [6, 6.07) is 15.4. The molecule has 0 radical (unpaired) electrons. The van der Waals surface area contributed by atoms with Crippen molar-refractivity contribution in [2.45, 2.75) is 19.3 Å². The number of amides is 1. The third-order valence-electron chi connectivity index (χ3n) is 4.03. The first-order valence-corrected chi connectivity index (χ1v) is 9.41. The topological polar surface area (TPSA) is 47.6 Å². The molecule has 4 nitrogen and oxygen atoms in total. The van der Waals surface area contributed by atoms with E-state index in [1.807, 2.05) is 18.2 Å². The van der Waals surface area contributed by atoms with E-state index in [1.54, 1.807) is 19.2 Å². The molecule has 0 atom stereocenters. The van der Waals surface area contributed by atoms with Crippen molar-refractivity contribution in [2.75, 3.05) is 32.7 Å². The van der Waals surface area contributed by atoms with E-state index in [4.69, 9.17) is 21.1 Å². The largest absolute Gasteiger partial charge is 0.496 e. The first-order valence-electron chi connectivity index (χ1n) is 8.87. The zero-order chi connectivity index (χ0) is 18.6. The number of alkyl halides is 1. The fourth-order valence-corrected chi connectivity index (χ4v) is 2.77. The number of carbonyl (C=O) groups excluding carboxylic acids is 1. The van der Waals surface area contributed by atoms with E-state index in [0.717, 1.165) is 30.6 Å². The molecule has 0 spiro atoms. The van der Waals surface area contributed by atoms with Gasteiger partial charge in [0.25, 0.3) is 5.91 Å². The lowest BCUT2D eigenvalue weighted by Crippen LogP contribution is -2.27. The molecular formula is C21H26ClNO3. The Morgan fingerprint density at radius 3 is 2.62 bits per heavy atom. The summed E-state index contributed by atoms with van der Waals surface area (Å²) in [7, 11) is 1.68. The Morgan fingerprint density at radius 2 is 1.88 bits per heavy atom. The summed E-state index contributed by atoms with van der Waals surface area (Å²) in [5.74, 6) is 1.47. The van der Waals surface area contributed by atoms with E-state index in [1.165, 1.54) is 5.56 Å². The average molecular weight is 376 g/mol. The number of aryl methyl sites for hydroxylation is 1. The van der Waals surface area contributed by atoms with Gasteiger partial charge >= 0.3 is 0 Å². The zero-order valence-electron chi connectivity index (χ0n) is 15.2. The van der Waals surface area contributed by atoms with Gasteiger partial charge in [0.15, 0.2) is 0 Å². The summed E-state index contributed by atoms with van der Waals surface area (Å²) in [4.78, 5) is 11.9. The van der Waals surface area contributed by atoms with Gasteiger partial charge in [-0.2, -0.15) is 0 Å². The third-order valence-corrected chi connectivity index (χ3v) is 4.30. The molecule has 0 bridgehead atoms. The van der Waals surface area contributed by atoms with Crippen molar-refractivity contribution in [3.63, 3.8) is 0 Å². The molecule has 0 aliphatic carbocycles. The zero-order valence-corrected chi connectivity index (χ0v) is 15.9. The van der Waals surface area contributed by atoms with Gasteiger partial charge in [-0.25, -0.2) is 0 Å². The molecule has 0 fully saturated rings. The van der Waals surface area contributed by atoms with Crippen LogP contribution in [0, 0.1) is 0 Å². The number of ether oxygens (including phenoxy) is 2. The van der Waals surface area contributed by atoms with Crippen LogP contribution >= 0.6 is 11.6 Å². The Labute approximate surface area is 160 Å². The molecule has 5 heteroatoms. The fraction of sp³-hybridized carbons (Fsp3) is 0.381. The first kappa shape index (κ1) is 20.3. The summed E-state index contributed by atoms with van der Waals surface area (Å²) in [6.07, 6.45) is 2.69. The molecule has 26 heavy (non-hydrogen) atoms. The van der Waals surface area contributed by atoms with Gasteiger partial charge in [-0.3, -0.25) is 4.79 Å². The lowest BCUT2D eigenvalue weighted by Gasteiger charge is -2.11. The highest BCUT2D eigenvalue weighted by atomic mass is 35.5. The smallest absolute Gasteiger partial charge is 0.251 e. The minimum absolute atomic E-state index is 0.0802. The van der Waals surface area contributed by atoms with Crippen LogP contribution in [0.15, 0.2) is 48.5 Å². The van der Waals surface area contributed by atoms with Crippen molar-refractivity contribution in [1.29, 1.82) is 0 Å². The standard InChI is InChI=1S/C21H26ClNO3/c1-25-20-16-17(6-5-12-22)9-10-18(20)11-14-26-15-13-23-21(24)19-7-3-2-4-8-19/h2-4,7-10,16H,5-6,11-15H2,1H3,(H,23,24). The minimum Gasteiger partial charge on any atom is -0.496 e. The monoisotopic (exact) mass is 375 g/mol. The van der Waals surface area contributed by atoms with Crippen LogP contribution in [0.3, 0.4) is 0 Å². The third kappa shape index (κ3) is 6.70. The maximum absolute atomic E-state index is 11.9. The molecule has 2 rings (SSSR count). The second-order valence-electron chi connectivity index (χ2n) is 5.92. The van der Waals surface area contributed by atoms with Crippen molar-refractivity contribution in [1.82, 2.24) is 5.32 Å². The van der Waals surface area contributed by atoms with Gasteiger partial charge in [0.1, 0.15) is 5.75 Å². The number of rotatable bonds is 11. The van der Waals surface area contributed by atoms with Crippen molar-refractivity contribution in [2.24, 2.45) is 0 Å². The Hall–Kier alpha value is -2.04. The Balaban J connectivity index is 1.68. The van der Waals surface area contributed by atoms with Gasteiger partial charge in [0.05, 0.1) is 20.3 Å². The highest BCUT2D eigenvalue weighted by Crippen LogP contribution is 2.21. The Bertz CT molecular complexity index is 676. The van der Waals surface area contributed by atoms with E-state index >= 15 is 0 Å². The van der Waals surface area contributed by atoms with Gasteiger partial charge in [-0.15, -0.1) is 11.6 Å². The minimum atomic E-state index is -0.0802. The van der Waals surface area contributed by atoms with Crippen LogP contribution in [0.5, 0.6) is 5.75 Å². The van der Waals surface area contributed by atoms with Gasteiger partial charge in [0.2, 0.25) is 0 Å². The lowest BCUT2D eigenvalue weighted by atomic mass is 10.0. The second kappa shape index (κ2) is 11.6.